The molecule has 4 rings (SSSR count). The standard InChI is InChI=1S/C28H29FN4O6S/c1-19-8-11-23(12-9-19)40(35,36)39-27(26(34)31-2)33(17-20-6-4-3-5-7-20)28-32-24-13-10-22(14-25(24)38-28)37-18-21(15-29)16-30/h3-15,27H,16-18,30H2,1-2H3,(H,31,34)/b21-15+. The molecular formula is C28H29FN4O6S. The van der Waals surface area contributed by atoms with E-state index in [0.29, 0.717) is 23.2 Å². The zero-order valence-electron chi connectivity index (χ0n) is 21.9. The molecule has 1 atom stereocenters. The average Bonchev–Trinajstić information content (AvgIpc) is 3.39. The molecule has 0 saturated carbocycles. The van der Waals surface area contributed by atoms with Crippen molar-refractivity contribution >= 4 is 33.1 Å². The highest BCUT2D eigenvalue weighted by atomic mass is 32.2. The van der Waals surface area contributed by atoms with Crippen LogP contribution in [0.1, 0.15) is 11.1 Å². The van der Waals surface area contributed by atoms with E-state index in [1.54, 1.807) is 30.3 Å². The van der Waals surface area contributed by atoms with Crippen LogP contribution in [0.25, 0.3) is 11.1 Å². The summed E-state index contributed by atoms with van der Waals surface area (Å²) in [5.41, 5.74) is 8.06. The Bertz CT molecular complexity index is 1590. The third-order valence-corrected chi connectivity index (χ3v) is 7.20. The van der Waals surface area contributed by atoms with E-state index in [4.69, 9.17) is 19.1 Å². The summed E-state index contributed by atoms with van der Waals surface area (Å²) in [5.74, 6) is -0.358. The lowest BCUT2D eigenvalue weighted by molar-refractivity contribution is -0.127. The number of hydrogen-bond donors (Lipinski definition) is 2. The summed E-state index contributed by atoms with van der Waals surface area (Å²) < 4.78 is 56.4. The molecule has 0 bridgehead atoms. The second-order valence-electron chi connectivity index (χ2n) is 8.83. The average molecular weight is 569 g/mol. The fraction of sp³-hybridized carbons (Fsp3) is 0.214. The van der Waals surface area contributed by atoms with E-state index in [2.05, 4.69) is 10.3 Å². The second kappa shape index (κ2) is 12.7. The molecule has 10 nitrogen and oxygen atoms in total. The molecule has 12 heteroatoms. The number of aromatic nitrogens is 1. The monoisotopic (exact) mass is 568 g/mol. The predicted molar refractivity (Wildman–Crippen MR) is 148 cm³/mol. The van der Waals surface area contributed by atoms with Gasteiger partial charge in [-0.2, -0.15) is 13.4 Å². The van der Waals surface area contributed by atoms with Crippen LogP contribution in [0, 0.1) is 6.92 Å². The van der Waals surface area contributed by atoms with Gasteiger partial charge in [0.05, 0.1) is 17.8 Å². The van der Waals surface area contributed by atoms with Gasteiger partial charge in [-0.1, -0.05) is 48.0 Å². The highest BCUT2D eigenvalue weighted by molar-refractivity contribution is 7.86. The number of halogens is 1. The number of amides is 1. The smallest absolute Gasteiger partial charge is 0.301 e. The maximum absolute atomic E-state index is 13.2. The van der Waals surface area contributed by atoms with Crippen LogP contribution in [0.3, 0.4) is 0 Å². The lowest BCUT2D eigenvalue weighted by Gasteiger charge is -2.28. The van der Waals surface area contributed by atoms with Gasteiger partial charge in [0.25, 0.3) is 16.0 Å². The first-order valence-electron chi connectivity index (χ1n) is 12.3. The van der Waals surface area contributed by atoms with Gasteiger partial charge in [0, 0.05) is 25.2 Å². The van der Waals surface area contributed by atoms with Crippen molar-refractivity contribution in [3.05, 3.63) is 95.8 Å². The first-order chi connectivity index (χ1) is 19.2. The van der Waals surface area contributed by atoms with Crippen LogP contribution in [0.15, 0.2) is 94.0 Å². The number of carbonyl (C=O) groups is 1. The van der Waals surface area contributed by atoms with Crippen molar-refractivity contribution in [2.45, 2.75) is 24.6 Å². The SMILES string of the molecule is CNC(=O)C(OS(=O)(=O)c1ccc(C)cc1)N(Cc1ccccc1)c1nc2ccc(OC/C(=C/F)CN)cc2o1. The van der Waals surface area contributed by atoms with E-state index in [1.807, 2.05) is 37.3 Å². The molecule has 0 spiro atoms. The second-order valence-corrected chi connectivity index (χ2v) is 10.4. The number of aryl methyl sites for hydroxylation is 1. The Morgan fingerprint density at radius 3 is 2.52 bits per heavy atom. The van der Waals surface area contributed by atoms with Crippen molar-refractivity contribution in [2.75, 3.05) is 25.1 Å². The van der Waals surface area contributed by atoms with Crippen molar-refractivity contribution in [1.29, 1.82) is 0 Å². The van der Waals surface area contributed by atoms with E-state index < -0.39 is 22.3 Å². The minimum Gasteiger partial charge on any atom is -0.489 e. The maximum Gasteiger partial charge on any atom is 0.301 e. The third kappa shape index (κ3) is 6.84. The summed E-state index contributed by atoms with van der Waals surface area (Å²) in [6.07, 6.45) is -1.27. The normalized spacial score (nSPS) is 12.8. The summed E-state index contributed by atoms with van der Waals surface area (Å²) >= 11 is 0. The zero-order valence-corrected chi connectivity index (χ0v) is 22.7. The topological polar surface area (TPSA) is 137 Å². The summed E-state index contributed by atoms with van der Waals surface area (Å²) in [6.45, 7) is 1.81. The quantitative estimate of drug-likeness (QED) is 0.193. The summed E-state index contributed by atoms with van der Waals surface area (Å²) in [5, 5.41) is 2.46. The van der Waals surface area contributed by atoms with Gasteiger partial charge < -0.3 is 20.2 Å². The van der Waals surface area contributed by atoms with E-state index in [0.717, 1.165) is 11.1 Å². The molecule has 0 saturated heterocycles. The third-order valence-electron chi connectivity index (χ3n) is 5.91. The molecule has 1 heterocycles. The van der Waals surface area contributed by atoms with Gasteiger partial charge in [0.15, 0.2) is 5.58 Å². The number of ether oxygens (including phenoxy) is 1. The van der Waals surface area contributed by atoms with Crippen LogP contribution >= 0.6 is 0 Å². The van der Waals surface area contributed by atoms with Gasteiger partial charge >= 0.3 is 6.01 Å². The summed E-state index contributed by atoms with van der Waals surface area (Å²) in [6, 6.07) is 19.9. The van der Waals surface area contributed by atoms with E-state index in [9.17, 15) is 17.6 Å². The zero-order chi connectivity index (χ0) is 28.7. The van der Waals surface area contributed by atoms with Gasteiger partial charge in [-0.15, -0.1) is 0 Å². The molecule has 1 unspecified atom stereocenters. The Balaban J connectivity index is 1.73. The minimum absolute atomic E-state index is 0.00598. The molecule has 40 heavy (non-hydrogen) atoms. The van der Waals surface area contributed by atoms with Gasteiger partial charge in [-0.25, -0.2) is 8.57 Å². The number of nitrogens with zero attached hydrogens (tertiary/aromatic N) is 2. The van der Waals surface area contributed by atoms with Crippen molar-refractivity contribution in [1.82, 2.24) is 10.3 Å². The number of hydrogen-bond acceptors (Lipinski definition) is 9. The molecule has 4 aromatic rings. The first kappa shape index (κ1) is 28.7. The number of carbonyl (C=O) groups excluding carboxylic acids is 1. The van der Waals surface area contributed by atoms with E-state index >= 15 is 0 Å². The van der Waals surface area contributed by atoms with E-state index in [-0.39, 0.29) is 36.2 Å². The Labute approximate surface area is 231 Å². The first-order valence-corrected chi connectivity index (χ1v) is 13.7. The molecule has 210 valence electrons. The minimum atomic E-state index is -4.37. The van der Waals surface area contributed by atoms with E-state index in [1.165, 1.54) is 24.1 Å². The van der Waals surface area contributed by atoms with Crippen LogP contribution < -0.4 is 20.7 Å². The molecule has 0 radical (unpaired) electrons. The lowest BCUT2D eigenvalue weighted by atomic mass is 10.2. The van der Waals surface area contributed by atoms with Crippen LogP contribution in [-0.4, -0.2) is 45.7 Å². The molecule has 1 amide bonds. The van der Waals surface area contributed by atoms with Crippen molar-refractivity contribution < 1.29 is 30.9 Å². The number of likely N-dealkylation sites (N-methyl/N-ethyl adjacent to an activating group) is 1. The van der Waals surface area contributed by atoms with Gasteiger partial charge in [-0.3, -0.25) is 9.69 Å². The Hall–Kier alpha value is -4.26. The fourth-order valence-corrected chi connectivity index (χ4v) is 4.70. The van der Waals surface area contributed by atoms with Crippen LogP contribution in [0.5, 0.6) is 5.75 Å². The number of rotatable bonds is 12. The molecule has 0 aliphatic carbocycles. The molecular weight excluding hydrogens is 539 g/mol. The van der Waals surface area contributed by atoms with Crippen molar-refractivity contribution in [2.24, 2.45) is 5.73 Å². The number of nitrogens with two attached hydrogens (primary N) is 1. The Kier molecular flexibility index (Phi) is 9.15. The maximum atomic E-state index is 13.2. The number of nitrogens with one attached hydrogen (secondary N) is 1. The number of fused-ring (bicyclic) bond motifs is 1. The van der Waals surface area contributed by atoms with Crippen LogP contribution in [0.4, 0.5) is 10.4 Å². The highest BCUT2D eigenvalue weighted by Gasteiger charge is 2.35. The molecule has 3 aromatic carbocycles. The predicted octanol–water partition coefficient (Wildman–Crippen LogP) is 3.81. The van der Waals surface area contributed by atoms with Crippen LogP contribution in [0.2, 0.25) is 0 Å². The molecule has 1 aromatic heterocycles. The Morgan fingerprint density at radius 1 is 1.15 bits per heavy atom. The van der Waals surface area contributed by atoms with Crippen LogP contribution in [-0.2, 0) is 25.6 Å². The summed E-state index contributed by atoms with van der Waals surface area (Å²) in [4.78, 5) is 18.8. The highest BCUT2D eigenvalue weighted by Crippen LogP contribution is 2.29. The number of anilines is 1. The molecule has 0 aliphatic heterocycles. The lowest BCUT2D eigenvalue weighted by Crippen LogP contribution is -2.48. The largest absolute Gasteiger partial charge is 0.489 e. The van der Waals surface area contributed by atoms with Crippen molar-refractivity contribution in [3.63, 3.8) is 0 Å². The van der Waals surface area contributed by atoms with Gasteiger partial charge in [-0.05, 0) is 36.8 Å². The Morgan fingerprint density at radius 2 is 1.88 bits per heavy atom. The van der Waals surface area contributed by atoms with Gasteiger partial charge in [0.1, 0.15) is 17.9 Å². The molecule has 0 fully saturated rings. The number of oxazole rings is 1. The van der Waals surface area contributed by atoms with Crippen molar-refractivity contribution in [3.8, 4) is 5.75 Å². The molecule has 0 aliphatic rings. The summed E-state index contributed by atoms with van der Waals surface area (Å²) in [7, 11) is -3.00. The fourth-order valence-electron chi connectivity index (χ4n) is 3.69. The number of benzene rings is 3. The molecule has 3 N–H and O–H groups in total. The van der Waals surface area contributed by atoms with Gasteiger partial charge in [0.2, 0.25) is 6.23 Å².